The van der Waals surface area contributed by atoms with E-state index in [9.17, 15) is 0 Å². The van der Waals surface area contributed by atoms with Gasteiger partial charge < -0.3 is 10.2 Å². The largest absolute Gasteiger partial charge is 0.356 e. The Balaban J connectivity index is 1.81. The van der Waals surface area contributed by atoms with E-state index in [0.29, 0.717) is 11.0 Å². The zero-order chi connectivity index (χ0) is 13.1. The highest BCUT2D eigenvalue weighted by molar-refractivity contribution is 6.33. The Labute approximate surface area is 117 Å². The van der Waals surface area contributed by atoms with E-state index in [2.05, 4.69) is 20.2 Å². The Kier molecular flexibility index (Phi) is 3.51. The topological polar surface area (TPSA) is 41.1 Å². The number of nitrogens with one attached hydrogen (secondary N) is 1. The lowest BCUT2D eigenvalue weighted by molar-refractivity contribution is 0.930. The van der Waals surface area contributed by atoms with Crippen LogP contribution in [0.4, 0.5) is 17.5 Å². The van der Waals surface area contributed by atoms with E-state index in [1.165, 1.54) is 12.8 Å². The molecule has 1 aliphatic heterocycles. The van der Waals surface area contributed by atoms with Crippen molar-refractivity contribution < 1.29 is 0 Å². The third kappa shape index (κ3) is 2.79. The molecule has 1 aromatic carbocycles. The van der Waals surface area contributed by atoms with Crippen molar-refractivity contribution in [1.82, 2.24) is 9.97 Å². The number of para-hydroxylation sites is 1. The second kappa shape index (κ2) is 5.45. The van der Waals surface area contributed by atoms with Gasteiger partial charge in [0, 0.05) is 19.3 Å². The quantitative estimate of drug-likeness (QED) is 0.930. The van der Waals surface area contributed by atoms with Crippen LogP contribution >= 0.6 is 11.6 Å². The van der Waals surface area contributed by atoms with Gasteiger partial charge in [0.15, 0.2) is 0 Å². The van der Waals surface area contributed by atoms with Gasteiger partial charge in [-0.15, -0.1) is 0 Å². The molecule has 2 heterocycles. The van der Waals surface area contributed by atoms with Gasteiger partial charge in [-0.05, 0) is 31.0 Å². The molecule has 1 fully saturated rings. The van der Waals surface area contributed by atoms with Crippen LogP contribution < -0.4 is 10.2 Å². The van der Waals surface area contributed by atoms with E-state index < -0.39 is 0 Å². The lowest BCUT2D eigenvalue weighted by atomic mass is 10.3. The molecule has 1 N–H and O–H groups in total. The van der Waals surface area contributed by atoms with Crippen molar-refractivity contribution in [3.63, 3.8) is 0 Å². The molecule has 0 amide bonds. The van der Waals surface area contributed by atoms with E-state index >= 15 is 0 Å². The normalized spacial score (nSPS) is 14.7. The summed E-state index contributed by atoms with van der Waals surface area (Å²) in [4.78, 5) is 11.1. The van der Waals surface area contributed by atoms with Gasteiger partial charge in [-0.1, -0.05) is 23.7 Å². The van der Waals surface area contributed by atoms with E-state index in [1.54, 1.807) is 6.20 Å². The van der Waals surface area contributed by atoms with Gasteiger partial charge in [-0.3, -0.25) is 0 Å². The standard InChI is InChI=1S/C14H15ClN4/c15-11-5-1-2-6-12(11)17-14-16-8-7-13(18-14)19-9-3-4-10-19/h1-2,5-8H,3-4,9-10H2,(H,16,17,18). The second-order valence-corrected chi connectivity index (χ2v) is 4.94. The number of halogens is 1. The van der Waals surface area contributed by atoms with Gasteiger partial charge in [0.2, 0.25) is 5.95 Å². The number of hydrogen-bond donors (Lipinski definition) is 1. The lowest BCUT2D eigenvalue weighted by Crippen LogP contribution is -2.19. The van der Waals surface area contributed by atoms with E-state index in [0.717, 1.165) is 24.6 Å². The van der Waals surface area contributed by atoms with Crippen LogP contribution in [0.2, 0.25) is 5.02 Å². The first-order chi connectivity index (χ1) is 9.33. The van der Waals surface area contributed by atoms with Crippen molar-refractivity contribution in [3.8, 4) is 0 Å². The minimum atomic E-state index is 0.581. The molecule has 5 heteroatoms. The molecule has 0 aliphatic carbocycles. The number of anilines is 3. The first-order valence-corrected chi connectivity index (χ1v) is 6.80. The van der Waals surface area contributed by atoms with Crippen molar-refractivity contribution in [2.24, 2.45) is 0 Å². The Morgan fingerprint density at radius 1 is 1.11 bits per heavy atom. The second-order valence-electron chi connectivity index (χ2n) is 4.54. The van der Waals surface area contributed by atoms with E-state index in [1.807, 2.05) is 30.3 Å². The molecule has 3 rings (SSSR count). The average Bonchev–Trinajstić information content (AvgIpc) is 2.96. The molecule has 0 bridgehead atoms. The molecule has 98 valence electrons. The summed E-state index contributed by atoms with van der Waals surface area (Å²) in [6.45, 7) is 2.14. The SMILES string of the molecule is Clc1ccccc1Nc1nccc(N2CCCC2)n1. The van der Waals surface area contributed by atoms with Crippen LogP contribution in [0.3, 0.4) is 0 Å². The molecule has 0 unspecified atom stereocenters. The highest BCUT2D eigenvalue weighted by Gasteiger charge is 2.14. The fraction of sp³-hybridized carbons (Fsp3) is 0.286. The smallest absolute Gasteiger partial charge is 0.229 e. The van der Waals surface area contributed by atoms with Crippen molar-refractivity contribution in [3.05, 3.63) is 41.6 Å². The maximum absolute atomic E-state index is 6.11. The van der Waals surface area contributed by atoms with Crippen LogP contribution in [-0.4, -0.2) is 23.1 Å². The molecular formula is C14H15ClN4. The van der Waals surface area contributed by atoms with Gasteiger partial charge in [0.25, 0.3) is 0 Å². The Morgan fingerprint density at radius 2 is 1.89 bits per heavy atom. The minimum Gasteiger partial charge on any atom is -0.356 e. The number of benzene rings is 1. The molecule has 0 saturated carbocycles. The van der Waals surface area contributed by atoms with Crippen LogP contribution in [0, 0.1) is 0 Å². The van der Waals surface area contributed by atoms with E-state index in [4.69, 9.17) is 11.6 Å². The lowest BCUT2D eigenvalue weighted by Gasteiger charge is -2.16. The summed E-state index contributed by atoms with van der Waals surface area (Å²) in [6.07, 6.45) is 4.24. The van der Waals surface area contributed by atoms with Crippen LogP contribution in [0.15, 0.2) is 36.5 Å². The minimum absolute atomic E-state index is 0.581. The summed E-state index contributed by atoms with van der Waals surface area (Å²) in [5.41, 5.74) is 0.822. The first-order valence-electron chi connectivity index (χ1n) is 6.42. The summed E-state index contributed by atoms with van der Waals surface area (Å²) in [7, 11) is 0. The number of rotatable bonds is 3. The molecule has 2 aromatic rings. The van der Waals surface area contributed by atoms with Crippen molar-refractivity contribution in [2.45, 2.75) is 12.8 Å². The highest BCUT2D eigenvalue weighted by atomic mass is 35.5. The maximum Gasteiger partial charge on any atom is 0.229 e. The first kappa shape index (κ1) is 12.2. The number of aromatic nitrogens is 2. The van der Waals surface area contributed by atoms with Gasteiger partial charge in [-0.2, -0.15) is 4.98 Å². The van der Waals surface area contributed by atoms with Gasteiger partial charge >= 0.3 is 0 Å². The van der Waals surface area contributed by atoms with Crippen LogP contribution in [0.25, 0.3) is 0 Å². The molecule has 0 radical (unpaired) electrons. The molecule has 0 spiro atoms. The van der Waals surface area contributed by atoms with Crippen molar-refractivity contribution >= 4 is 29.1 Å². The molecule has 1 saturated heterocycles. The van der Waals surface area contributed by atoms with Crippen molar-refractivity contribution in [2.75, 3.05) is 23.3 Å². The highest BCUT2D eigenvalue weighted by Crippen LogP contribution is 2.24. The van der Waals surface area contributed by atoms with Crippen molar-refractivity contribution in [1.29, 1.82) is 0 Å². The average molecular weight is 275 g/mol. The molecule has 4 nitrogen and oxygen atoms in total. The summed E-state index contributed by atoms with van der Waals surface area (Å²) >= 11 is 6.11. The molecular weight excluding hydrogens is 260 g/mol. The predicted molar refractivity (Wildman–Crippen MR) is 78.2 cm³/mol. The zero-order valence-electron chi connectivity index (χ0n) is 10.5. The molecule has 0 atom stereocenters. The number of nitrogens with zero attached hydrogens (tertiary/aromatic N) is 3. The maximum atomic E-state index is 6.11. The van der Waals surface area contributed by atoms with Crippen LogP contribution in [0.1, 0.15) is 12.8 Å². The summed E-state index contributed by atoms with van der Waals surface area (Å²) in [6, 6.07) is 9.53. The predicted octanol–water partition coefficient (Wildman–Crippen LogP) is 3.47. The zero-order valence-corrected chi connectivity index (χ0v) is 11.3. The Bertz CT molecular complexity index is 567. The monoisotopic (exact) mass is 274 g/mol. The number of hydrogen-bond acceptors (Lipinski definition) is 4. The fourth-order valence-electron chi connectivity index (χ4n) is 2.21. The Hall–Kier alpha value is -1.81. The van der Waals surface area contributed by atoms with Gasteiger partial charge in [0.05, 0.1) is 10.7 Å². The summed E-state index contributed by atoms with van der Waals surface area (Å²) < 4.78 is 0. The third-order valence-corrected chi connectivity index (χ3v) is 3.52. The third-order valence-electron chi connectivity index (χ3n) is 3.19. The summed E-state index contributed by atoms with van der Waals surface area (Å²) in [5.74, 6) is 1.56. The van der Waals surface area contributed by atoms with Crippen LogP contribution in [0.5, 0.6) is 0 Å². The van der Waals surface area contributed by atoms with Crippen LogP contribution in [-0.2, 0) is 0 Å². The fourth-order valence-corrected chi connectivity index (χ4v) is 2.40. The molecule has 1 aliphatic rings. The Morgan fingerprint density at radius 3 is 2.68 bits per heavy atom. The molecule has 1 aromatic heterocycles. The van der Waals surface area contributed by atoms with Gasteiger partial charge in [0.1, 0.15) is 5.82 Å². The summed E-state index contributed by atoms with van der Waals surface area (Å²) in [5, 5.41) is 3.82. The van der Waals surface area contributed by atoms with Gasteiger partial charge in [-0.25, -0.2) is 4.98 Å². The van der Waals surface area contributed by atoms with E-state index in [-0.39, 0.29) is 0 Å². The molecule has 19 heavy (non-hydrogen) atoms.